The molecule has 0 bridgehead atoms. The Labute approximate surface area is 156 Å². The van der Waals surface area contributed by atoms with Crippen molar-refractivity contribution >= 4 is 28.3 Å². The molecule has 1 aliphatic rings. The lowest BCUT2D eigenvalue weighted by atomic mass is 10.1. The van der Waals surface area contributed by atoms with E-state index in [0.29, 0.717) is 18.9 Å². The van der Waals surface area contributed by atoms with E-state index in [0.717, 1.165) is 29.3 Å². The maximum atomic E-state index is 12.0. The topological polar surface area (TPSA) is 83.6 Å². The van der Waals surface area contributed by atoms with Crippen LogP contribution in [0.25, 0.3) is 0 Å². The molecule has 0 aliphatic carbocycles. The molecule has 1 aromatic heterocycles. The van der Waals surface area contributed by atoms with Gasteiger partial charge in [0.25, 0.3) is 0 Å². The van der Waals surface area contributed by atoms with Crippen LogP contribution in [0.1, 0.15) is 16.8 Å². The van der Waals surface area contributed by atoms with Gasteiger partial charge in [-0.2, -0.15) is 0 Å². The zero-order valence-corrected chi connectivity index (χ0v) is 15.5. The second-order valence-electron chi connectivity index (χ2n) is 6.16. The fourth-order valence-corrected chi connectivity index (χ4v) is 3.44. The van der Waals surface area contributed by atoms with Gasteiger partial charge in [0.15, 0.2) is 5.13 Å². The number of hydrazine groups is 1. The summed E-state index contributed by atoms with van der Waals surface area (Å²) in [5, 5.41) is 2.78. The Hall–Kier alpha value is -2.45. The van der Waals surface area contributed by atoms with Gasteiger partial charge in [-0.15, -0.1) is 11.3 Å². The molecular formula is C18H22N4O3S. The van der Waals surface area contributed by atoms with Gasteiger partial charge in [0, 0.05) is 18.5 Å². The number of rotatable bonds is 5. The Kier molecular flexibility index (Phi) is 6.19. The molecule has 0 radical (unpaired) electrons. The summed E-state index contributed by atoms with van der Waals surface area (Å²) in [6, 6.07) is 7.71. The largest absolute Gasteiger partial charge is 0.378 e. The van der Waals surface area contributed by atoms with E-state index in [4.69, 9.17) is 4.74 Å². The quantitative estimate of drug-likeness (QED) is 0.769. The van der Waals surface area contributed by atoms with Crippen LogP contribution in [0.5, 0.6) is 0 Å². The normalized spacial score (nSPS) is 14.1. The number of benzene rings is 1. The third-order valence-corrected chi connectivity index (χ3v) is 4.94. The molecule has 0 unspecified atom stereocenters. The lowest BCUT2D eigenvalue weighted by molar-refractivity contribution is -0.128. The molecule has 1 aromatic carbocycles. The van der Waals surface area contributed by atoms with E-state index in [1.54, 1.807) is 0 Å². The Morgan fingerprint density at radius 3 is 2.46 bits per heavy atom. The number of anilines is 1. The zero-order chi connectivity index (χ0) is 18.4. The lowest BCUT2D eigenvalue weighted by Gasteiger charge is -2.26. The van der Waals surface area contributed by atoms with Crippen LogP contribution in [-0.2, 0) is 27.2 Å². The number of hydrogen-bond donors (Lipinski definition) is 2. The number of morpholine rings is 1. The third-order valence-electron chi connectivity index (χ3n) is 3.99. The van der Waals surface area contributed by atoms with E-state index in [1.165, 1.54) is 11.3 Å². The maximum Gasteiger partial charge on any atom is 0.244 e. The van der Waals surface area contributed by atoms with Gasteiger partial charge >= 0.3 is 0 Å². The van der Waals surface area contributed by atoms with Gasteiger partial charge in [-0.05, 0) is 12.5 Å². The first-order valence-corrected chi connectivity index (χ1v) is 9.38. The Balaban J connectivity index is 1.43. The van der Waals surface area contributed by atoms with Crippen LogP contribution in [0.2, 0.25) is 0 Å². The van der Waals surface area contributed by atoms with Gasteiger partial charge < -0.3 is 9.64 Å². The van der Waals surface area contributed by atoms with Crippen molar-refractivity contribution in [3.63, 3.8) is 0 Å². The van der Waals surface area contributed by atoms with Crippen molar-refractivity contribution in [2.75, 3.05) is 31.2 Å². The van der Waals surface area contributed by atoms with Crippen LogP contribution in [-0.4, -0.2) is 43.1 Å². The summed E-state index contributed by atoms with van der Waals surface area (Å²) in [5.41, 5.74) is 7.63. The first-order chi connectivity index (χ1) is 12.6. The number of amides is 2. The highest BCUT2D eigenvalue weighted by Crippen LogP contribution is 2.21. The minimum Gasteiger partial charge on any atom is -0.378 e. The first-order valence-electron chi connectivity index (χ1n) is 8.50. The second kappa shape index (κ2) is 8.77. The van der Waals surface area contributed by atoms with Crippen LogP contribution in [0.4, 0.5) is 5.13 Å². The SMILES string of the molecule is Cc1ccc(CC(=O)NNC(=O)Cc2csc(N3CCOCC3)n2)cc1. The average molecular weight is 374 g/mol. The maximum absolute atomic E-state index is 12.0. The summed E-state index contributed by atoms with van der Waals surface area (Å²) in [6.45, 7) is 5.01. The second-order valence-corrected chi connectivity index (χ2v) is 6.99. The summed E-state index contributed by atoms with van der Waals surface area (Å²) in [7, 11) is 0. The number of nitrogens with one attached hydrogen (secondary N) is 2. The van der Waals surface area contributed by atoms with Crippen molar-refractivity contribution < 1.29 is 14.3 Å². The van der Waals surface area contributed by atoms with Crippen LogP contribution in [0.15, 0.2) is 29.6 Å². The zero-order valence-electron chi connectivity index (χ0n) is 14.7. The summed E-state index contributed by atoms with van der Waals surface area (Å²) in [5.74, 6) is -0.546. The van der Waals surface area contributed by atoms with Crippen molar-refractivity contribution in [1.82, 2.24) is 15.8 Å². The smallest absolute Gasteiger partial charge is 0.244 e. The van der Waals surface area contributed by atoms with Crippen molar-refractivity contribution in [2.45, 2.75) is 19.8 Å². The molecule has 0 spiro atoms. The highest BCUT2D eigenvalue weighted by molar-refractivity contribution is 7.13. The number of carbonyl (C=O) groups is 2. The Morgan fingerprint density at radius 2 is 1.77 bits per heavy atom. The minimum atomic E-state index is -0.291. The molecular weight excluding hydrogens is 352 g/mol. The fourth-order valence-electron chi connectivity index (χ4n) is 2.56. The van der Waals surface area contributed by atoms with Crippen LogP contribution < -0.4 is 15.8 Å². The van der Waals surface area contributed by atoms with Gasteiger partial charge in [0.05, 0.1) is 31.7 Å². The third kappa shape index (κ3) is 5.27. The van der Waals surface area contributed by atoms with E-state index in [1.807, 2.05) is 36.6 Å². The van der Waals surface area contributed by atoms with Crippen molar-refractivity contribution in [2.24, 2.45) is 0 Å². The van der Waals surface area contributed by atoms with Crippen molar-refractivity contribution in [1.29, 1.82) is 0 Å². The number of thiazole rings is 1. The predicted octanol–water partition coefficient (Wildman–Crippen LogP) is 1.22. The van der Waals surface area contributed by atoms with Gasteiger partial charge in [0.1, 0.15) is 0 Å². The Bertz CT molecular complexity index is 754. The molecule has 2 N–H and O–H groups in total. The molecule has 2 heterocycles. The molecule has 0 atom stereocenters. The van der Waals surface area contributed by atoms with Crippen LogP contribution in [0.3, 0.4) is 0 Å². The number of ether oxygens (including phenoxy) is 1. The number of carbonyl (C=O) groups excluding carboxylic acids is 2. The molecule has 1 fully saturated rings. The molecule has 1 aliphatic heterocycles. The molecule has 2 amide bonds. The van der Waals surface area contributed by atoms with E-state index in [-0.39, 0.29) is 24.7 Å². The van der Waals surface area contributed by atoms with E-state index in [2.05, 4.69) is 20.7 Å². The molecule has 0 saturated carbocycles. The van der Waals surface area contributed by atoms with Crippen LogP contribution in [0, 0.1) is 6.92 Å². The lowest BCUT2D eigenvalue weighted by Crippen LogP contribution is -2.43. The van der Waals surface area contributed by atoms with Gasteiger partial charge in [0.2, 0.25) is 11.8 Å². The molecule has 7 nitrogen and oxygen atoms in total. The molecule has 2 aromatic rings. The standard InChI is InChI=1S/C18H22N4O3S/c1-13-2-4-14(5-3-13)10-16(23)20-21-17(24)11-15-12-26-18(19-15)22-6-8-25-9-7-22/h2-5,12H,6-11H2,1H3,(H,20,23)(H,21,24). The number of aromatic nitrogens is 1. The molecule has 8 heteroatoms. The Morgan fingerprint density at radius 1 is 1.12 bits per heavy atom. The highest BCUT2D eigenvalue weighted by atomic mass is 32.1. The van der Waals surface area contributed by atoms with E-state index < -0.39 is 0 Å². The molecule has 3 rings (SSSR count). The molecule has 1 saturated heterocycles. The first kappa shape index (κ1) is 18.3. The summed E-state index contributed by atoms with van der Waals surface area (Å²) in [6.07, 6.45) is 0.351. The van der Waals surface area contributed by atoms with E-state index in [9.17, 15) is 9.59 Å². The summed E-state index contributed by atoms with van der Waals surface area (Å²) in [4.78, 5) is 30.6. The van der Waals surface area contributed by atoms with E-state index >= 15 is 0 Å². The van der Waals surface area contributed by atoms with Crippen molar-refractivity contribution in [3.05, 3.63) is 46.5 Å². The fraction of sp³-hybridized carbons (Fsp3) is 0.389. The summed E-state index contributed by atoms with van der Waals surface area (Å²) >= 11 is 1.52. The number of hydrogen-bond acceptors (Lipinski definition) is 6. The predicted molar refractivity (Wildman–Crippen MR) is 100 cm³/mol. The highest BCUT2D eigenvalue weighted by Gasteiger charge is 2.16. The number of nitrogens with zero attached hydrogens (tertiary/aromatic N) is 2. The number of aryl methyl sites for hydroxylation is 1. The van der Waals surface area contributed by atoms with Crippen molar-refractivity contribution in [3.8, 4) is 0 Å². The van der Waals surface area contributed by atoms with Gasteiger partial charge in [-0.25, -0.2) is 4.98 Å². The monoisotopic (exact) mass is 374 g/mol. The van der Waals surface area contributed by atoms with Gasteiger partial charge in [-0.3, -0.25) is 20.4 Å². The minimum absolute atomic E-state index is 0.131. The molecule has 138 valence electrons. The molecule has 26 heavy (non-hydrogen) atoms. The average Bonchev–Trinajstić information content (AvgIpc) is 3.11. The summed E-state index contributed by atoms with van der Waals surface area (Å²) < 4.78 is 5.33. The van der Waals surface area contributed by atoms with Crippen LogP contribution >= 0.6 is 11.3 Å². The van der Waals surface area contributed by atoms with Gasteiger partial charge in [-0.1, -0.05) is 29.8 Å².